The van der Waals surface area contributed by atoms with E-state index < -0.39 is 11.7 Å². The Morgan fingerprint density at radius 1 is 1.22 bits per heavy atom. The van der Waals surface area contributed by atoms with Crippen LogP contribution in [0, 0.1) is 5.82 Å². The van der Waals surface area contributed by atoms with Crippen molar-refractivity contribution in [1.82, 2.24) is 3.96 Å². The number of carbonyl (C=O) groups excluding carboxylic acids is 1. The summed E-state index contributed by atoms with van der Waals surface area (Å²) in [6.45, 7) is -0.182. The molecule has 0 radical (unpaired) electrons. The second kappa shape index (κ2) is 6.31. The Labute approximate surface area is 144 Å². The zero-order valence-corrected chi connectivity index (χ0v) is 13.8. The number of hydrogen-bond donors (Lipinski definition) is 1. The maximum atomic E-state index is 13.2. The van der Waals surface area contributed by atoms with E-state index in [4.69, 9.17) is 23.2 Å². The van der Waals surface area contributed by atoms with Gasteiger partial charge in [-0.2, -0.15) is 0 Å². The van der Waals surface area contributed by atoms with Crippen LogP contribution in [0.5, 0.6) is 0 Å². The van der Waals surface area contributed by atoms with Crippen LogP contribution in [0.25, 0.3) is 10.1 Å². The monoisotopic (exact) mass is 370 g/mol. The number of nitrogens with zero attached hydrogens (tertiary/aromatic N) is 1. The standard InChI is InChI=1S/C15H9Cl2FN2O2S/c16-8-1-4-12(11(17)5-8)19-14(21)7-20-15(22)10-3-2-9(18)6-13(10)23-20/h1-6H,7H2,(H,19,21). The van der Waals surface area contributed by atoms with Crippen molar-refractivity contribution in [1.29, 1.82) is 0 Å². The van der Waals surface area contributed by atoms with Crippen molar-refractivity contribution in [2.75, 3.05) is 5.32 Å². The van der Waals surface area contributed by atoms with E-state index in [2.05, 4.69) is 5.32 Å². The minimum absolute atomic E-state index is 0.182. The molecule has 3 rings (SSSR count). The maximum absolute atomic E-state index is 13.2. The molecule has 0 saturated heterocycles. The lowest BCUT2D eigenvalue weighted by Gasteiger charge is -2.07. The van der Waals surface area contributed by atoms with Gasteiger partial charge in [-0.15, -0.1) is 0 Å². The second-order valence-electron chi connectivity index (χ2n) is 4.75. The molecule has 23 heavy (non-hydrogen) atoms. The number of aromatic nitrogens is 1. The summed E-state index contributed by atoms with van der Waals surface area (Å²) >= 11 is 12.8. The first-order chi connectivity index (χ1) is 10.9. The summed E-state index contributed by atoms with van der Waals surface area (Å²) in [6.07, 6.45) is 0. The number of nitrogens with one attached hydrogen (secondary N) is 1. The summed E-state index contributed by atoms with van der Waals surface area (Å²) in [4.78, 5) is 24.3. The predicted molar refractivity (Wildman–Crippen MR) is 91.1 cm³/mol. The summed E-state index contributed by atoms with van der Waals surface area (Å²) in [5, 5.41) is 3.75. The first-order valence-corrected chi connectivity index (χ1v) is 8.01. The van der Waals surface area contributed by atoms with Gasteiger partial charge >= 0.3 is 0 Å². The number of rotatable bonds is 3. The van der Waals surface area contributed by atoms with E-state index in [1.54, 1.807) is 12.1 Å². The van der Waals surface area contributed by atoms with E-state index in [0.29, 0.717) is 25.8 Å². The van der Waals surface area contributed by atoms with Gasteiger partial charge in [0.1, 0.15) is 12.4 Å². The molecule has 1 heterocycles. The first kappa shape index (κ1) is 16.0. The van der Waals surface area contributed by atoms with Crippen molar-refractivity contribution < 1.29 is 9.18 Å². The topological polar surface area (TPSA) is 51.1 Å². The molecule has 0 aliphatic heterocycles. The number of benzene rings is 2. The molecule has 8 heteroatoms. The van der Waals surface area contributed by atoms with Crippen molar-refractivity contribution in [3.05, 3.63) is 62.6 Å². The van der Waals surface area contributed by atoms with Crippen molar-refractivity contribution in [3.8, 4) is 0 Å². The summed E-state index contributed by atoms with van der Waals surface area (Å²) in [6, 6.07) is 8.57. The minimum atomic E-state index is -0.428. The number of anilines is 1. The Morgan fingerprint density at radius 3 is 2.74 bits per heavy atom. The van der Waals surface area contributed by atoms with Crippen LogP contribution >= 0.6 is 34.7 Å². The molecular formula is C15H9Cl2FN2O2S. The molecule has 0 unspecified atom stereocenters. The summed E-state index contributed by atoms with van der Waals surface area (Å²) in [5.74, 6) is -0.841. The SMILES string of the molecule is O=C(Cn1sc2cc(F)ccc2c1=O)Nc1ccc(Cl)cc1Cl. The van der Waals surface area contributed by atoms with E-state index >= 15 is 0 Å². The van der Waals surface area contributed by atoms with Gasteiger partial charge in [-0.05, 0) is 36.4 Å². The van der Waals surface area contributed by atoms with E-state index in [1.165, 1.54) is 28.2 Å². The highest BCUT2D eigenvalue weighted by Gasteiger charge is 2.13. The van der Waals surface area contributed by atoms with Crippen molar-refractivity contribution in [3.63, 3.8) is 0 Å². The third-order valence-corrected chi connectivity index (χ3v) is 4.70. The molecule has 0 spiro atoms. The van der Waals surface area contributed by atoms with Gasteiger partial charge in [0.2, 0.25) is 5.91 Å². The van der Waals surface area contributed by atoms with Gasteiger partial charge in [-0.3, -0.25) is 13.5 Å². The van der Waals surface area contributed by atoms with E-state index in [0.717, 1.165) is 11.5 Å². The van der Waals surface area contributed by atoms with Gasteiger partial charge in [0, 0.05) is 5.02 Å². The Balaban J connectivity index is 1.83. The van der Waals surface area contributed by atoms with Crippen molar-refractivity contribution in [2.24, 2.45) is 0 Å². The summed E-state index contributed by atoms with van der Waals surface area (Å²) in [7, 11) is 0. The minimum Gasteiger partial charge on any atom is -0.323 e. The highest BCUT2D eigenvalue weighted by Crippen LogP contribution is 2.25. The Morgan fingerprint density at radius 2 is 2.00 bits per heavy atom. The lowest BCUT2D eigenvalue weighted by Crippen LogP contribution is -2.23. The van der Waals surface area contributed by atoms with Crippen LogP contribution in [-0.4, -0.2) is 9.86 Å². The van der Waals surface area contributed by atoms with Crippen LogP contribution in [0.2, 0.25) is 10.0 Å². The number of halogens is 3. The molecule has 0 aliphatic rings. The van der Waals surface area contributed by atoms with Gasteiger partial charge in [0.25, 0.3) is 5.56 Å². The number of carbonyl (C=O) groups is 1. The third kappa shape index (κ3) is 3.39. The molecule has 1 amide bonds. The molecule has 1 N–H and O–H groups in total. The Hall–Kier alpha value is -1.89. The van der Waals surface area contributed by atoms with E-state index in [9.17, 15) is 14.0 Å². The lowest BCUT2D eigenvalue weighted by molar-refractivity contribution is -0.116. The fourth-order valence-electron chi connectivity index (χ4n) is 2.06. The molecular weight excluding hydrogens is 362 g/mol. The molecule has 0 atom stereocenters. The largest absolute Gasteiger partial charge is 0.323 e. The molecule has 0 bridgehead atoms. The number of fused-ring (bicyclic) bond motifs is 1. The summed E-state index contributed by atoms with van der Waals surface area (Å²) in [5.41, 5.74) is 0.0728. The molecule has 0 fully saturated rings. The molecule has 0 aliphatic carbocycles. The highest BCUT2D eigenvalue weighted by molar-refractivity contribution is 7.13. The Bertz CT molecular complexity index is 968. The van der Waals surface area contributed by atoms with Gasteiger partial charge in [0.05, 0.1) is 20.8 Å². The quantitative estimate of drug-likeness (QED) is 0.752. The second-order valence-corrected chi connectivity index (χ2v) is 6.65. The van der Waals surface area contributed by atoms with Gasteiger partial charge in [-0.25, -0.2) is 4.39 Å². The predicted octanol–water partition coefficient (Wildman–Crippen LogP) is 4.15. The molecule has 1 aromatic heterocycles. The van der Waals surface area contributed by atoms with Crippen molar-refractivity contribution >= 4 is 56.4 Å². The van der Waals surface area contributed by atoms with Crippen molar-refractivity contribution in [2.45, 2.75) is 6.54 Å². The smallest absolute Gasteiger partial charge is 0.269 e. The normalized spacial score (nSPS) is 10.9. The van der Waals surface area contributed by atoms with Gasteiger partial charge < -0.3 is 5.32 Å². The van der Waals surface area contributed by atoms with Gasteiger partial charge in [-0.1, -0.05) is 34.7 Å². The van der Waals surface area contributed by atoms with Crippen LogP contribution in [0.1, 0.15) is 0 Å². The average molecular weight is 371 g/mol. The highest BCUT2D eigenvalue weighted by atomic mass is 35.5. The van der Waals surface area contributed by atoms with Crippen LogP contribution in [0.4, 0.5) is 10.1 Å². The molecule has 118 valence electrons. The van der Waals surface area contributed by atoms with E-state index in [1.807, 2.05) is 0 Å². The summed E-state index contributed by atoms with van der Waals surface area (Å²) < 4.78 is 15.0. The zero-order valence-electron chi connectivity index (χ0n) is 11.5. The van der Waals surface area contributed by atoms with E-state index in [-0.39, 0.29) is 12.1 Å². The van der Waals surface area contributed by atoms with Gasteiger partial charge in [0.15, 0.2) is 0 Å². The van der Waals surface area contributed by atoms with Crippen LogP contribution < -0.4 is 10.9 Å². The maximum Gasteiger partial charge on any atom is 0.269 e. The number of hydrogen-bond acceptors (Lipinski definition) is 3. The molecule has 0 saturated carbocycles. The third-order valence-electron chi connectivity index (χ3n) is 3.10. The molecule has 2 aromatic carbocycles. The number of amides is 1. The average Bonchev–Trinajstić information content (AvgIpc) is 2.77. The Kier molecular flexibility index (Phi) is 4.39. The zero-order chi connectivity index (χ0) is 16.6. The fraction of sp³-hybridized carbons (Fsp3) is 0.0667. The molecule has 4 nitrogen and oxygen atoms in total. The van der Waals surface area contributed by atoms with Crippen LogP contribution in [0.15, 0.2) is 41.2 Å². The van der Waals surface area contributed by atoms with Crippen LogP contribution in [-0.2, 0) is 11.3 Å². The fourth-order valence-corrected chi connectivity index (χ4v) is 3.53. The van der Waals surface area contributed by atoms with Crippen LogP contribution in [0.3, 0.4) is 0 Å². The first-order valence-electron chi connectivity index (χ1n) is 6.48. The molecule has 3 aromatic rings. The lowest BCUT2D eigenvalue weighted by atomic mass is 10.3.